The highest BCUT2D eigenvalue weighted by atomic mass is 15.1. The van der Waals surface area contributed by atoms with Crippen molar-refractivity contribution in [3.05, 3.63) is 157 Å². The summed E-state index contributed by atoms with van der Waals surface area (Å²) in [5.74, 6) is 0. The second kappa shape index (κ2) is 14.1. The summed E-state index contributed by atoms with van der Waals surface area (Å²) in [6.45, 7) is 0. The molecule has 0 fully saturated rings. The van der Waals surface area contributed by atoms with E-state index in [4.69, 9.17) is 10.5 Å². The van der Waals surface area contributed by atoms with Crippen molar-refractivity contribution in [3.63, 3.8) is 0 Å². The zero-order valence-corrected chi connectivity index (χ0v) is 19.1. The lowest BCUT2D eigenvalue weighted by molar-refractivity contribution is 1.28. The highest BCUT2D eigenvalue weighted by Gasteiger charge is 2.10. The molecule has 0 aliphatic rings. The van der Waals surface area contributed by atoms with Crippen molar-refractivity contribution in [2.24, 2.45) is 0 Å². The maximum absolute atomic E-state index is 8.37. The molecule has 5 rings (SSSR count). The normalized spacial score (nSPS) is 9.09. The van der Waals surface area contributed by atoms with Gasteiger partial charge in [0.1, 0.15) is 0 Å². The molecule has 0 saturated carbocycles. The SMILES string of the molecule is N#Cc1ccc(C#N)cc1.c1ccc(N(c2ccccc2)c2ccccc2)cc1.c1ccncc1. The number of aromatic nitrogens is 1. The lowest BCUT2D eigenvalue weighted by Gasteiger charge is -2.25. The van der Waals surface area contributed by atoms with Gasteiger partial charge in [-0.15, -0.1) is 0 Å². The quantitative estimate of drug-likeness (QED) is 0.282. The van der Waals surface area contributed by atoms with Crippen LogP contribution in [0.1, 0.15) is 11.1 Å². The molecule has 0 radical (unpaired) electrons. The van der Waals surface area contributed by atoms with Gasteiger partial charge in [0.25, 0.3) is 0 Å². The first-order chi connectivity index (χ1) is 17.3. The lowest BCUT2D eigenvalue weighted by Crippen LogP contribution is -2.09. The Labute approximate surface area is 206 Å². The third kappa shape index (κ3) is 8.02. The number of pyridine rings is 1. The van der Waals surface area contributed by atoms with E-state index in [0.29, 0.717) is 11.1 Å². The highest BCUT2D eigenvalue weighted by Crippen LogP contribution is 2.33. The summed E-state index contributed by atoms with van der Waals surface area (Å²) in [7, 11) is 0. The van der Waals surface area contributed by atoms with Gasteiger partial charge in [-0.25, -0.2) is 0 Å². The predicted octanol–water partition coefficient (Wildman–Crippen LogP) is 7.67. The van der Waals surface area contributed by atoms with Crippen LogP contribution in [0.5, 0.6) is 0 Å². The Morgan fingerprint density at radius 3 is 0.971 bits per heavy atom. The van der Waals surface area contributed by atoms with Gasteiger partial charge in [0.2, 0.25) is 0 Å². The second-order valence-corrected chi connectivity index (χ2v) is 7.17. The van der Waals surface area contributed by atoms with Crippen molar-refractivity contribution >= 4 is 17.1 Å². The van der Waals surface area contributed by atoms with Crippen LogP contribution in [-0.4, -0.2) is 4.98 Å². The van der Waals surface area contributed by atoms with Crippen LogP contribution < -0.4 is 4.90 Å². The fourth-order valence-electron chi connectivity index (χ4n) is 3.11. The molecular formula is C31H24N4. The fraction of sp³-hybridized carbons (Fsp3) is 0. The number of benzene rings is 4. The Morgan fingerprint density at radius 1 is 0.429 bits per heavy atom. The molecule has 0 aliphatic heterocycles. The zero-order chi connectivity index (χ0) is 24.6. The summed E-state index contributed by atoms with van der Waals surface area (Å²) in [4.78, 5) is 6.03. The largest absolute Gasteiger partial charge is 0.311 e. The predicted molar refractivity (Wildman–Crippen MR) is 141 cm³/mol. The van der Waals surface area contributed by atoms with Gasteiger partial charge >= 0.3 is 0 Å². The Hall–Kier alpha value is -5.19. The Balaban J connectivity index is 0.000000178. The zero-order valence-electron chi connectivity index (χ0n) is 19.1. The van der Waals surface area contributed by atoms with E-state index in [0.717, 1.165) is 0 Å². The molecule has 4 heteroatoms. The van der Waals surface area contributed by atoms with E-state index in [1.807, 2.05) is 48.5 Å². The third-order valence-corrected chi connectivity index (χ3v) is 4.75. The number of hydrogen-bond acceptors (Lipinski definition) is 4. The Bertz CT molecular complexity index is 1170. The maximum Gasteiger partial charge on any atom is 0.0991 e. The molecule has 1 heterocycles. The summed E-state index contributed by atoms with van der Waals surface area (Å²) < 4.78 is 0. The van der Waals surface area contributed by atoms with Crippen LogP contribution in [-0.2, 0) is 0 Å². The van der Waals surface area contributed by atoms with Crippen LogP contribution in [0.3, 0.4) is 0 Å². The molecule has 0 amide bonds. The molecule has 0 bridgehead atoms. The monoisotopic (exact) mass is 452 g/mol. The lowest BCUT2D eigenvalue weighted by atomic mass is 10.2. The summed E-state index contributed by atoms with van der Waals surface area (Å²) in [6, 6.07) is 47.4. The van der Waals surface area contributed by atoms with E-state index in [1.165, 1.54) is 17.1 Å². The average Bonchev–Trinajstić information content (AvgIpc) is 2.97. The number of nitrogens with zero attached hydrogens (tertiary/aromatic N) is 4. The van der Waals surface area contributed by atoms with Gasteiger partial charge in [0, 0.05) is 29.5 Å². The molecule has 0 aliphatic carbocycles. The first kappa shape index (κ1) is 24.5. The van der Waals surface area contributed by atoms with E-state index >= 15 is 0 Å². The number of nitriles is 2. The summed E-state index contributed by atoms with van der Waals surface area (Å²) >= 11 is 0. The van der Waals surface area contributed by atoms with E-state index in [1.54, 1.807) is 36.7 Å². The van der Waals surface area contributed by atoms with Gasteiger partial charge in [-0.2, -0.15) is 10.5 Å². The van der Waals surface area contributed by atoms with Gasteiger partial charge in [-0.1, -0.05) is 60.7 Å². The maximum atomic E-state index is 8.37. The number of hydrogen-bond donors (Lipinski definition) is 0. The minimum atomic E-state index is 0.582. The van der Waals surface area contributed by atoms with Crippen LogP contribution in [0.25, 0.3) is 0 Å². The first-order valence-electron chi connectivity index (χ1n) is 11.0. The van der Waals surface area contributed by atoms with Crippen molar-refractivity contribution in [1.29, 1.82) is 10.5 Å². The van der Waals surface area contributed by atoms with Gasteiger partial charge in [-0.3, -0.25) is 4.98 Å². The molecule has 168 valence electrons. The molecular weight excluding hydrogens is 428 g/mol. The van der Waals surface area contributed by atoms with Crippen LogP contribution in [0.15, 0.2) is 146 Å². The molecule has 5 aromatic rings. The molecule has 0 N–H and O–H groups in total. The second-order valence-electron chi connectivity index (χ2n) is 7.17. The van der Waals surface area contributed by atoms with Gasteiger partial charge in [0.05, 0.1) is 23.3 Å². The fourth-order valence-corrected chi connectivity index (χ4v) is 3.11. The molecule has 0 saturated heterocycles. The minimum absolute atomic E-state index is 0.582. The first-order valence-corrected chi connectivity index (χ1v) is 11.0. The molecule has 0 unspecified atom stereocenters. The van der Waals surface area contributed by atoms with Crippen LogP contribution in [0.4, 0.5) is 17.1 Å². The molecule has 0 atom stereocenters. The highest BCUT2D eigenvalue weighted by molar-refractivity contribution is 5.76. The summed E-state index contributed by atoms with van der Waals surface area (Å²) in [6.07, 6.45) is 3.50. The van der Waals surface area contributed by atoms with E-state index < -0.39 is 0 Å². The van der Waals surface area contributed by atoms with Gasteiger partial charge in [-0.05, 0) is 72.8 Å². The van der Waals surface area contributed by atoms with Crippen molar-refractivity contribution in [2.45, 2.75) is 0 Å². The van der Waals surface area contributed by atoms with Crippen LogP contribution in [0.2, 0.25) is 0 Å². The van der Waals surface area contributed by atoms with Gasteiger partial charge < -0.3 is 4.90 Å². The van der Waals surface area contributed by atoms with Gasteiger partial charge in [0.15, 0.2) is 0 Å². The van der Waals surface area contributed by atoms with E-state index in [9.17, 15) is 0 Å². The minimum Gasteiger partial charge on any atom is -0.311 e. The Kier molecular flexibility index (Phi) is 9.82. The number of rotatable bonds is 3. The standard InChI is InChI=1S/C18H15N.C8H4N2.C5H5N/c1-4-10-16(11-5-1)19(17-12-6-2-7-13-17)18-14-8-3-9-15-18;9-5-7-1-2-8(6-10)4-3-7;1-2-4-6-5-3-1/h1-15H;1-4H;1-5H. The van der Waals surface area contributed by atoms with Crippen LogP contribution >= 0.6 is 0 Å². The summed E-state index contributed by atoms with van der Waals surface area (Å²) in [5.41, 5.74) is 4.66. The molecule has 35 heavy (non-hydrogen) atoms. The molecule has 4 aromatic carbocycles. The average molecular weight is 453 g/mol. The van der Waals surface area contributed by atoms with E-state index in [2.05, 4.69) is 82.7 Å². The van der Waals surface area contributed by atoms with Crippen molar-refractivity contribution < 1.29 is 0 Å². The van der Waals surface area contributed by atoms with Crippen LogP contribution in [0, 0.1) is 22.7 Å². The molecule has 1 aromatic heterocycles. The number of para-hydroxylation sites is 3. The van der Waals surface area contributed by atoms with E-state index in [-0.39, 0.29) is 0 Å². The Morgan fingerprint density at radius 2 is 0.743 bits per heavy atom. The van der Waals surface area contributed by atoms with Crippen molar-refractivity contribution in [3.8, 4) is 12.1 Å². The smallest absolute Gasteiger partial charge is 0.0991 e. The third-order valence-electron chi connectivity index (χ3n) is 4.75. The van der Waals surface area contributed by atoms with Crippen molar-refractivity contribution in [1.82, 2.24) is 4.98 Å². The summed E-state index contributed by atoms with van der Waals surface area (Å²) in [5, 5.41) is 16.7. The topological polar surface area (TPSA) is 63.7 Å². The van der Waals surface area contributed by atoms with Crippen molar-refractivity contribution in [2.75, 3.05) is 4.90 Å². The number of anilines is 3. The molecule has 0 spiro atoms. The molecule has 4 nitrogen and oxygen atoms in total.